The molecule has 2 aromatic carbocycles. The van der Waals surface area contributed by atoms with E-state index in [4.69, 9.17) is 0 Å². The highest BCUT2D eigenvalue weighted by Gasteiger charge is 2.34. The number of amides is 1. The quantitative estimate of drug-likeness (QED) is 0.390. The molecule has 1 heterocycles. The van der Waals surface area contributed by atoms with Crippen LogP contribution in [0.25, 0.3) is 0 Å². The number of hydrogen-bond acceptors (Lipinski definition) is 4. The highest BCUT2D eigenvalue weighted by Crippen LogP contribution is 2.34. The van der Waals surface area contributed by atoms with E-state index >= 15 is 0 Å². The molecule has 1 aliphatic heterocycles. The molecule has 5 nitrogen and oxygen atoms in total. The Morgan fingerprint density at radius 1 is 1.03 bits per heavy atom. The van der Waals surface area contributed by atoms with Gasteiger partial charge in [0, 0.05) is 51.0 Å². The summed E-state index contributed by atoms with van der Waals surface area (Å²) in [6.07, 6.45) is 3.86. The Hall–Kier alpha value is -2.58. The highest BCUT2D eigenvalue weighted by molar-refractivity contribution is 5.81. The summed E-state index contributed by atoms with van der Waals surface area (Å²) < 4.78 is 41.2. The fourth-order valence-corrected chi connectivity index (χ4v) is 6.18. The van der Waals surface area contributed by atoms with E-state index in [2.05, 4.69) is 28.2 Å². The number of nitrogens with one attached hydrogen (secondary N) is 1. The molecule has 2 saturated carbocycles. The van der Waals surface area contributed by atoms with Gasteiger partial charge in [-0.05, 0) is 73.9 Å². The zero-order chi connectivity index (χ0) is 27.4. The molecule has 3 aliphatic rings. The number of halogens is 3. The van der Waals surface area contributed by atoms with Crippen molar-refractivity contribution in [3.8, 4) is 0 Å². The Kier molecular flexibility index (Phi) is 8.82. The van der Waals surface area contributed by atoms with E-state index in [-0.39, 0.29) is 24.6 Å². The van der Waals surface area contributed by atoms with E-state index < -0.39 is 11.7 Å². The van der Waals surface area contributed by atoms with E-state index in [1.807, 2.05) is 12.1 Å². The first-order valence-electron chi connectivity index (χ1n) is 14.5. The van der Waals surface area contributed by atoms with Gasteiger partial charge in [0.2, 0.25) is 5.91 Å². The van der Waals surface area contributed by atoms with E-state index in [1.165, 1.54) is 55.5 Å². The Bertz CT molecular complexity index is 1130. The minimum absolute atomic E-state index is 0.0578. The summed E-state index contributed by atoms with van der Waals surface area (Å²) in [5.74, 6) is 0.669. The molecule has 0 radical (unpaired) electrons. The van der Waals surface area contributed by atoms with E-state index in [0.29, 0.717) is 19.1 Å². The molecular formula is C31H41F3N4O. The van der Waals surface area contributed by atoms with Crippen molar-refractivity contribution in [2.75, 3.05) is 45.1 Å². The van der Waals surface area contributed by atoms with Gasteiger partial charge in [-0.2, -0.15) is 13.2 Å². The molecule has 1 N–H and O–H groups in total. The molecule has 212 valence electrons. The lowest BCUT2D eigenvalue weighted by atomic mass is 9.97. The van der Waals surface area contributed by atoms with Gasteiger partial charge in [-0.1, -0.05) is 43.2 Å². The standard InChI is InChI=1S/C31H41F3N4O/c1-36(26-9-3-4-10-26)17-18-38(22-25-7-2-5-11-28(25)31(32,33)34)30(39)19-35-29-12-6-8-24-21-37(16-15-27(24)29)20-23-13-14-23/h2,5-8,11-12,23,26,35H,3-4,9-10,13-22H2,1H3. The number of carbonyl (C=O) groups is 1. The first-order chi connectivity index (χ1) is 18.8. The zero-order valence-electron chi connectivity index (χ0n) is 23.0. The summed E-state index contributed by atoms with van der Waals surface area (Å²) in [7, 11) is 2.06. The number of rotatable bonds is 11. The lowest BCUT2D eigenvalue weighted by Crippen LogP contribution is -2.42. The fourth-order valence-electron chi connectivity index (χ4n) is 6.18. The SMILES string of the molecule is CN(CCN(Cc1ccccc1C(F)(F)F)C(=O)CNc1cccc2c1CCN(CC1CC1)C2)C1CCCC1. The van der Waals surface area contributed by atoms with Crippen LogP contribution in [0.3, 0.4) is 0 Å². The van der Waals surface area contributed by atoms with Crippen LogP contribution < -0.4 is 5.32 Å². The minimum atomic E-state index is -4.46. The smallest absolute Gasteiger partial charge is 0.376 e. The number of benzene rings is 2. The Morgan fingerprint density at radius 2 is 1.79 bits per heavy atom. The van der Waals surface area contributed by atoms with Crippen LogP contribution in [0.4, 0.5) is 18.9 Å². The normalized spacial score (nSPS) is 18.4. The summed E-state index contributed by atoms with van der Waals surface area (Å²) >= 11 is 0. The molecule has 0 atom stereocenters. The highest BCUT2D eigenvalue weighted by atomic mass is 19.4. The lowest BCUT2D eigenvalue weighted by Gasteiger charge is -2.31. The van der Waals surface area contributed by atoms with Crippen molar-refractivity contribution in [2.24, 2.45) is 5.92 Å². The molecule has 2 fully saturated rings. The number of alkyl halides is 3. The Labute approximate surface area is 230 Å². The lowest BCUT2D eigenvalue weighted by molar-refractivity contribution is -0.139. The van der Waals surface area contributed by atoms with Crippen LogP contribution in [0, 0.1) is 5.92 Å². The van der Waals surface area contributed by atoms with Gasteiger partial charge in [0.25, 0.3) is 0 Å². The summed E-state index contributed by atoms with van der Waals surface area (Å²) in [6.45, 7) is 4.15. The van der Waals surface area contributed by atoms with Gasteiger partial charge in [0.15, 0.2) is 0 Å². The second-order valence-corrected chi connectivity index (χ2v) is 11.6. The third kappa shape index (κ3) is 7.34. The molecule has 39 heavy (non-hydrogen) atoms. The number of likely N-dealkylation sites (N-methyl/N-ethyl adjacent to an activating group) is 1. The predicted molar refractivity (Wildman–Crippen MR) is 148 cm³/mol. The van der Waals surface area contributed by atoms with Crippen molar-refractivity contribution in [3.05, 3.63) is 64.7 Å². The van der Waals surface area contributed by atoms with Crippen LogP contribution in [0.2, 0.25) is 0 Å². The number of anilines is 1. The summed E-state index contributed by atoms with van der Waals surface area (Å²) in [4.78, 5) is 19.9. The fraction of sp³-hybridized carbons (Fsp3) is 0.581. The van der Waals surface area contributed by atoms with Gasteiger partial charge < -0.3 is 15.1 Å². The second kappa shape index (κ2) is 12.3. The molecule has 0 bridgehead atoms. The van der Waals surface area contributed by atoms with Gasteiger partial charge in [-0.3, -0.25) is 9.69 Å². The average Bonchev–Trinajstić information content (AvgIpc) is 3.56. The molecular weight excluding hydrogens is 501 g/mol. The Balaban J connectivity index is 1.27. The van der Waals surface area contributed by atoms with Gasteiger partial charge >= 0.3 is 6.18 Å². The monoisotopic (exact) mass is 542 g/mol. The molecule has 2 aliphatic carbocycles. The third-order valence-corrected chi connectivity index (χ3v) is 8.70. The van der Waals surface area contributed by atoms with Crippen LogP contribution in [0.5, 0.6) is 0 Å². The molecule has 1 amide bonds. The number of fused-ring (bicyclic) bond motifs is 1. The molecule has 2 aromatic rings. The predicted octanol–water partition coefficient (Wildman–Crippen LogP) is 5.79. The maximum atomic E-state index is 13.7. The third-order valence-electron chi connectivity index (χ3n) is 8.70. The molecule has 8 heteroatoms. The number of nitrogens with zero attached hydrogens (tertiary/aromatic N) is 3. The van der Waals surface area contributed by atoms with Crippen molar-refractivity contribution in [1.29, 1.82) is 0 Å². The summed E-state index contributed by atoms with van der Waals surface area (Å²) in [5, 5.41) is 3.35. The van der Waals surface area contributed by atoms with Gasteiger partial charge in [-0.15, -0.1) is 0 Å². The summed E-state index contributed by atoms with van der Waals surface area (Å²) in [6, 6.07) is 12.3. The molecule has 0 unspecified atom stereocenters. The van der Waals surface area contributed by atoms with Gasteiger partial charge in [0.05, 0.1) is 12.1 Å². The van der Waals surface area contributed by atoms with Crippen LogP contribution >= 0.6 is 0 Å². The zero-order valence-corrected chi connectivity index (χ0v) is 23.0. The molecule has 5 rings (SSSR count). The molecule has 0 saturated heterocycles. The minimum Gasteiger partial charge on any atom is -0.376 e. The first kappa shape index (κ1) is 28.0. The van der Waals surface area contributed by atoms with Crippen LogP contribution in [-0.4, -0.2) is 66.4 Å². The van der Waals surface area contributed by atoms with Crippen molar-refractivity contribution in [1.82, 2.24) is 14.7 Å². The van der Waals surface area contributed by atoms with Crippen molar-refractivity contribution >= 4 is 11.6 Å². The van der Waals surface area contributed by atoms with E-state index in [0.717, 1.165) is 50.0 Å². The first-order valence-corrected chi connectivity index (χ1v) is 14.5. The maximum Gasteiger partial charge on any atom is 0.416 e. The van der Waals surface area contributed by atoms with E-state index in [9.17, 15) is 18.0 Å². The van der Waals surface area contributed by atoms with Crippen LogP contribution in [0.1, 0.15) is 60.8 Å². The second-order valence-electron chi connectivity index (χ2n) is 11.6. The molecule has 0 spiro atoms. The summed E-state index contributed by atoms with van der Waals surface area (Å²) in [5.41, 5.74) is 2.98. The van der Waals surface area contributed by atoms with Crippen LogP contribution in [-0.2, 0) is 30.5 Å². The van der Waals surface area contributed by atoms with Gasteiger partial charge in [-0.25, -0.2) is 0 Å². The maximum absolute atomic E-state index is 13.7. The average molecular weight is 543 g/mol. The molecule has 0 aromatic heterocycles. The van der Waals surface area contributed by atoms with Crippen molar-refractivity contribution < 1.29 is 18.0 Å². The van der Waals surface area contributed by atoms with E-state index in [1.54, 1.807) is 11.0 Å². The van der Waals surface area contributed by atoms with Crippen LogP contribution in [0.15, 0.2) is 42.5 Å². The largest absolute Gasteiger partial charge is 0.416 e. The number of carbonyl (C=O) groups excluding carboxylic acids is 1. The van der Waals surface area contributed by atoms with Gasteiger partial charge in [0.1, 0.15) is 0 Å². The van der Waals surface area contributed by atoms with Crippen molar-refractivity contribution in [2.45, 2.75) is 70.3 Å². The number of hydrogen-bond donors (Lipinski definition) is 1. The Morgan fingerprint density at radius 3 is 2.54 bits per heavy atom. The topological polar surface area (TPSA) is 38.8 Å². The van der Waals surface area contributed by atoms with Crippen molar-refractivity contribution in [3.63, 3.8) is 0 Å².